The van der Waals surface area contributed by atoms with Crippen LogP contribution in [0.3, 0.4) is 0 Å². The maximum absolute atomic E-state index is 12.0. The van der Waals surface area contributed by atoms with Crippen LogP contribution in [0.4, 0.5) is 5.69 Å². The Morgan fingerprint density at radius 2 is 1.77 bits per heavy atom. The van der Waals surface area contributed by atoms with E-state index in [1.54, 1.807) is 30.2 Å². The van der Waals surface area contributed by atoms with E-state index in [4.69, 9.17) is 5.73 Å². The first-order chi connectivity index (χ1) is 14.6. The molecule has 0 saturated heterocycles. The molecule has 1 aliphatic carbocycles. The second kappa shape index (κ2) is 9.32. The van der Waals surface area contributed by atoms with E-state index in [1.807, 2.05) is 36.4 Å². The zero-order chi connectivity index (χ0) is 20.9. The van der Waals surface area contributed by atoms with Crippen LogP contribution in [0.2, 0.25) is 0 Å². The zero-order valence-corrected chi connectivity index (χ0v) is 17.4. The lowest BCUT2D eigenvalue weighted by Crippen LogP contribution is -2.29. The molecule has 4 rings (SSSR count). The maximum Gasteiger partial charge on any atom is 0.250 e. The van der Waals surface area contributed by atoms with E-state index in [0.29, 0.717) is 5.56 Å². The fraction of sp³-hybridized carbons (Fsp3) is 0.250. The van der Waals surface area contributed by atoms with Gasteiger partial charge in [0.2, 0.25) is 0 Å². The van der Waals surface area contributed by atoms with Gasteiger partial charge in [0.05, 0.1) is 11.7 Å². The molecule has 3 aromatic rings. The predicted octanol–water partition coefficient (Wildman–Crippen LogP) is 4.71. The Morgan fingerprint density at radius 1 is 1.03 bits per heavy atom. The van der Waals surface area contributed by atoms with Crippen molar-refractivity contribution in [3.05, 3.63) is 72.6 Å². The number of amides is 1. The lowest BCUT2D eigenvalue weighted by atomic mass is 9.92. The summed E-state index contributed by atoms with van der Waals surface area (Å²) in [6.07, 6.45) is 6.65. The normalized spacial score (nSPS) is 18.7. The smallest absolute Gasteiger partial charge is 0.250 e. The highest BCUT2D eigenvalue weighted by Gasteiger charge is 2.21. The number of anilines is 1. The number of nitrogens with one attached hydrogen (secondary N) is 1. The molecule has 1 fully saturated rings. The van der Waals surface area contributed by atoms with Crippen LogP contribution in [0.1, 0.15) is 36.0 Å². The van der Waals surface area contributed by atoms with Crippen LogP contribution in [0.5, 0.6) is 0 Å². The number of nitrogens with zero attached hydrogens (tertiary/aromatic N) is 1. The molecule has 1 aliphatic rings. The number of carbonyl (C=O) groups is 1. The van der Waals surface area contributed by atoms with Gasteiger partial charge >= 0.3 is 0 Å². The fourth-order valence-corrected chi connectivity index (χ4v) is 4.77. The molecule has 1 heterocycles. The summed E-state index contributed by atoms with van der Waals surface area (Å²) < 4.78 is 0. The molecule has 0 unspecified atom stereocenters. The monoisotopic (exact) mass is 419 g/mol. The Labute approximate surface area is 180 Å². The summed E-state index contributed by atoms with van der Waals surface area (Å²) in [6.45, 7) is 0. The minimum atomic E-state index is -0.445. The lowest BCUT2D eigenvalue weighted by Gasteiger charge is -2.28. The number of aliphatic hydroxyl groups excluding tert-OH is 1. The number of primary amides is 1. The summed E-state index contributed by atoms with van der Waals surface area (Å²) in [5.74, 6) is -0.445. The van der Waals surface area contributed by atoms with Gasteiger partial charge < -0.3 is 16.2 Å². The van der Waals surface area contributed by atoms with Gasteiger partial charge in [0.15, 0.2) is 0 Å². The molecule has 4 N–H and O–H groups in total. The van der Waals surface area contributed by atoms with E-state index in [1.165, 1.54) is 0 Å². The number of rotatable bonds is 6. The number of aromatic nitrogens is 1. The molecule has 0 bridgehead atoms. The van der Waals surface area contributed by atoms with Crippen LogP contribution < -0.4 is 11.1 Å². The van der Waals surface area contributed by atoms with Crippen molar-refractivity contribution in [1.82, 2.24) is 4.98 Å². The van der Waals surface area contributed by atoms with E-state index in [9.17, 15) is 9.90 Å². The van der Waals surface area contributed by atoms with Gasteiger partial charge in [-0.3, -0.25) is 9.78 Å². The average molecular weight is 420 g/mol. The Balaban J connectivity index is 1.66. The topological polar surface area (TPSA) is 88.2 Å². The molecular weight excluding hydrogens is 394 g/mol. The minimum absolute atomic E-state index is 0.220. The SMILES string of the molecule is NC(=O)c1ccc(-c2ccccc2Sc2ccncc2)cc1N[C@H]1CC[C@H](O)CC1. The van der Waals surface area contributed by atoms with Crippen molar-refractivity contribution >= 4 is 23.4 Å². The fourth-order valence-electron chi connectivity index (χ4n) is 3.81. The van der Waals surface area contributed by atoms with Crippen molar-refractivity contribution in [2.24, 2.45) is 5.73 Å². The number of pyridine rings is 1. The molecule has 154 valence electrons. The first-order valence-electron chi connectivity index (χ1n) is 10.2. The number of carbonyl (C=O) groups excluding carboxylic acids is 1. The summed E-state index contributed by atoms with van der Waals surface area (Å²) in [7, 11) is 0. The predicted molar refractivity (Wildman–Crippen MR) is 121 cm³/mol. The number of nitrogens with two attached hydrogens (primary N) is 1. The van der Waals surface area contributed by atoms with Gasteiger partial charge in [-0.25, -0.2) is 0 Å². The highest BCUT2D eigenvalue weighted by molar-refractivity contribution is 7.99. The molecule has 0 atom stereocenters. The van der Waals surface area contributed by atoms with E-state index in [-0.39, 0.29) is 12.1 Å². The van der Waals surface area contributed by atoms with Crippen LogP contribution >= 0.6 is 11.8 Å². The van der Waals surface area contributed by atoms with Gasteiger partial charge in [-0.15, -0.1) is 0 Å². The third kappa shape index (κ3) is 4.83. The highest BCUT2D eigenvalue weighted by Crippen LogP contribution is 2.37. The Kier molecular flexibility index (Phi) is 6.35. The van der Waals surface area contributed by atoms with Crippen molar-refractivity contribution in [3.63, 3.8) is 0 Å². The molecule has 6 heteroatoms. The first-order valence-corrected chi connectivity index (χ1v) is 11.0. The van der Waals surface area contributed by atoms with E-state index < -0.39 is 5.91 Å². The van der Waals surface area contributed by atoms with Gasteiger partial charge in [0.25, 0.3) is 5.91 Å². The van der Waals surface area contributed by atoms with Gasteiger partial charge in [-0.05, 0) is 67.1 Å². The van der Waals surface area contributed by atoms with E-state index >= 15 is 0 Å². The van der Waals surface area contributed by atoms with E-state index in [2.05, 4.69) is 22.4 Å². The standard InChI is InChI=1S/C24H25N3O2S/c25-24(29)21-10-5-16(15-22(21)27-17-6-8-18(28)9-7-17)20-3-1-2-4-23(20)30-19-11-13-26-14-12-19/h1-5,10-15,17-18,27-28H,6-9H2,(H2,25,29)/t17-,18-. The van der Waals surface area contributed by atoms with Crippen molar-refractivity contribution < 1.29 is 9.90 Å². The summed E-state index contributed by atoms with van der Waals surface area (Å²) in [4.78, 5) is 18.3. The van der Waals surface area contributed by atoms with Crippen molar-refractivity contribution in [2.45, 2.75) is 47.6 Å². The van der Waals surface area contributed by atoms with Crippen molar-refractivity contribution in [3.8, 4) is 11.1 Å². The van der Waals surface area contributed by atoms with Gasteiger partial charge in [0.1, 0.15) is 0 Å². The Hall–Kier alpha value is -2.83. The molecule has 0 aliphatic heterocycles. The summed E-state index contributed by atoms with van der Waals surface area (Å²) in [5.41, 5.74) is 9.00. The number of aliphatic hydroxyl groups is 1. The van der Waals surface area contributed by atoms with Gasteiger partial charge in [0, 0.05) is 33.9 Å². The third-order valence-electron chi connectivity index (χ3n) is 5.42. The first kappa shape index (κ1) is 20.4. The number of hydrogen-bond donors (Lipinski definition) is 3. The molecule has 1 aromatic heterocycles. The van der Waals surface area contributed by atoms with Crippen LogP contribution in [-0.2, 0) is 0 Å². The molecule has 30 heavy (non-hydrogen) atoms. The molecule has 0 radical (unpaired) electrons. The molecule has 1 amide bonds. The van der Waals surface area contributed by atoms with Crippen LogP contribution in [0.25, 0.3) is 11.1 Å². The maximum atomic E-state index is 12.0. The summed E-state index contributed by atoms with van der Waals surface area (Å²) in [6, 6.07) is 18.2. The van der Waals surface area contributed by atoms with Crippen molar-refractivity contribution in [1.29, 1.82) is 0 Å². The number of benzene rings is 2. The largest absolute Gasteiger partial charge is 0.393 e. The van der Waals surface area contributed by atoms with Crippen LogP contribution in [0.15, 0.2) is 76.8 Å². The Bertz CT molecular complexity index is 1020. The van der Waals surface area contributed by atoms with Crippen LogP contribution in [-0.4, -0.2) is 28.1 Å². The minimum Gasteiger partial charge on any atom is -0.393 e. The molecular formula is C24H25N3O2S. The highest BCUT2D eigenvalue weighted by atomic mass is 32.2. The summed E-state index contributed by atoms with van der Waals surface area (Å²) >= 11 is 1.68. The van der Waals surface area contributed by atoms with Gasteiger partial charge in [-0.1, -0.05) is 36.0 Å². The quantitative estimate of drug-likeness (QED) is 0.538. The number of hydrogen-bond acceptors (Lipinski definition) is 5. The molecule has 2 aromatic carbocycles. The zero-order valence-electron chi connectivity index (χ0n) is 16.6. The van der Waals surface area contributed by atoms with Crippen molar-refractivity contribution in [2.75, 3.05) is 5.32 Å². The lowest BCUT2D eigenvalue weighted by molar-refractivity contribution is 0.100. The molecule has 5 nitrogen and oxygen atoms in total. The second-order valence-electron chi connectivity index (χ2n) is 7.56. The average Bonchev–Trinajstić information content (AvgIpc) is 2.76. The van der Waals surface area contributed by atoms with E-state index in [0.717, 1.165) is 52.3 Å². The summed E-state index contributed by atoms with van der Waals surface area (Å²) in [5, 5.41) is 13.3. The molecule has 0 spiro atoms. The Morgan fingerprint density at radius 3 is 2.50 bits per heavy atom. The van der Waals surface area contributed by atoms with Gasteiger partial charge in [-0.2, -0.15) is 0 Å². The third-order valence-corrected chi connectivity index (χ3v) is 6.50. The molecule has 1 saturated carbocycles. The van der Waals surface area contributed by atoms with Crippen LogP contribution in [0, 0.1) is 0 Å². The second-order valence-corrected chi connectivity index (χ2v) is 8.67.